The van der Waals surface area contributed by atoms with Crippen molar-refractivity contribution in [3.05, 3.63) is 35.9 Å². The molecule has 4 N–H and O–H groups in total. The molecular formula is C12H14N2O2. The van der Waals surface area contributed by atoms with Crippen molar-refractivity contribution in [2.45, 2.75) is 18.9 Å². The van der Waals surface area contributed by atoms with Gasteiger partial charge in [-0.25, -0.2) is 0 Å². The van der Waals surface area contributed by atoms with Gasteiger partial charge in [0.05, 0.1) is 5.69 Å². The van der Waals surface area contributed by atoms with Gasteiger partial charge in [0.15, 0.2) is 0 Å². The van der Waals surface area contributed by atoms with E-state index < -0.39 is 0 Å². The summed E-state index contributed by atoms with van der Waals surface area (Å²) < 4.78 is 0. The second-order valence-electron chi connectivity index (χ2n) is 3.89. The lowest BCUT2D eigenvalue weighted by molar-refractivity contribution is 0.0938. The monoisotopic (exact) mass is 218 g/mol. The van der Waals surface area contributed by atoms with Gasteiger partial charge >= 0.3 is 0 Å². The Morgan fingerprint density at radius 2 is 2.06 bits per heavy atom. The second kappa shape index (κ2) is 4.26. The molecule has 1 aliphatic carbocycles. The lowest BCUT2D eigenvalue weighted by Gasteiger charge is -2.12. The van der Waals surface area contributed by atoms with E-state index in [-0.39, 0.29) is 23.4 Å². The first-order valence-electron chi connectivity index (χ1n) is 5.21. The Morgan fingerprint density at radius 3 is 2.69 bits per heavy atom. The van der Waals surface area contributed by atoms with Crippen molar-refractivity contribution in [1.29, 1.82) is 0 Å². The standard InChI is InChI=1S/C12H14N2O2/c13-10-6-5-8(7-11(10)15)12(16)14-9-3-1-2-4-9/h1-2,5-7,9,15H,3-4,13H2,(H,14,16). The summed E-state index contributed by atoms with van der Waals surface area (Å²) >= 11 is 0. The molecule has 1 aliphatic rings. The van der Waals surface area contributed by atoms with Crippen LogP contribution < -0.4 is 11.1 Å². The van der Waals surface area contributed by atoms with Crippen molar-refractivity contribution in [3.63, 3.8) is 0 Å². The smallest absolute Gasteiger partial charge is 0.251 e. The third-order valence-corrected chi connectivity index (χ3v) is 2.64. The number of rotatable bonds is 2. The molecule has 0 heterocycles. The van der Waals surface area contributed by atoms with Gasteiger partial charge in [0, 0.05) is 11.6 Å². The third kappa shape index (κ3) is 2.16. The number of anilines is 1. The minimum atomic E-state index is -0.177. The summed E-state index contributed by atoms with van der Waals surface area (Å²) in [6.45, 7) is 0. The molecule has 2 rings (SSSR count). The number of benzene rings is 1. The number of hydrogen-bond acceptors (Lipinski definition) is 3. The molecule has 0 bridgehead atoms. The molecule has 0 unspecified atom stereocenters. The van der Waals surface area contributed by atoms with Crippen LogP contribution in [0.25, 0.3) is 0 Å². The summed E-state index contributed by atoms with van der Waals surface area (Å²) in [5.74, 6) is -0.235. The largest absolute Gasteiger partial charge is 0.506 e. The Morgan fingerprint density at radius 1 is 1.38 bits per heavy atom. The van der Waals surface area contributed by atoms with E-state index in [9.17, 15) is 9.90 Å². The predicted molar refractivity (Wildman–Crippen MR) is 62.1 cm³/mol. The fourth-order valence-corrected chi connectivity index (χ4v) is 1.69. The van der Waals surface area contributed by atoms with Gasteiger partial charge < -0.3 is 16.2 Å². The number of phenols is 1. The molecule has 0 atom stereocenters. The maximum atomic E-state index is 11.8. The highest BCUT2D eigenvalue weighted by Crippen LogP contribution is 2.21. The average Bonchev–Trinajstić information content (AvgIpc) is 2.74. The van der Waals surface area contributed by atoms with Crippen LogP contribution in [0.1, 0.15) is 23.2 Å². The zero-order valence-electron chi connectivity index (χ0n) is 8.81. The van der Waals surface area contributed by atoms with Crippen LogP contribution in [0.3, 0.4) is 0 Å². The predicted octanol–water partition coefficient (Wildman–Crippen LogP) is 1.42. The lowest BCUT2D eigenvalue weighted by Crippen LogP contribution is -2.32. The van der Waals surface area contributed by atoms with E-state index >= 15 is 0 Å². The summed E-state index contributed by atoms with van der Waals surface area (Å²) in [5.41, 5.74) is 6.17. The average molecular weight is 218 g/mol. The quantitative estimate of drug-likeness (QED) is 0.399. The molecule has 16 heavy (non-hydrogen) atoms. The molecule has 4 nitrogen and oxygen atoms in total. The third-order valence-electron chi connectivity index (χ3n) is 2.64. The lowest BCUT2D eigenvalue weighted by atomic mass is 10.1. The van der Waals surface area contributed by atoms with Gasteiger partial charge in [-0.15, -0.1) is 0 Å². The number of hydrogen-bond donors (Lipinski definition) is 3. The molecule has 0 aromatic heterocycles. The van der Waals surface area contributed by atoms with Crippen LogP contribution >= 0.6 is 0 Å². The number of carbonyl (C=O) groups is 1. The summed E-state index contributed by atoms with van der Waals surface area (Å²) in [6.07, 6.45) is 5.83. The van der Waals surface area contributed by atoms with E-state index in [1.807, 2.05) is 12.2 Å². The Bertz CT molecular complexity index is 433. The zero-order valence-corrected chi connectivity index (χ0v) is 8.81. The maximum Gasteiger partial charge on any atom is 0.251 e. The van der Waals surface area contributed by atoms with Crippen LogP contribution in [0.4, 0.5) is 5.69 Å². The van der Waals surface area contributed by atoms with E-state index in [1.165, 1.54) is 12.1 Å². The fourth-order valence-electron chi connectivity index (χ4n) is 1.69. The molecule has 0 saturated carbocycles. The topological polar surface area (TPSA) is 75.4 Å². The van der Waals surface area contributed by atoms with Gasteiger partial charge in [-0.1, -0.05) is 12.2 Å². The van der Waals surface area contributed by atoms with Gasteiger partial charge in [-0.05, 0) is 31.0 Å². The van der Waals surface area contributed by atoms with E-state index in [4.69, 9.17) is 5.73 Å². The van der Waals surface area contributed by atoms with Crippen LogP contribution in [-0.2, 0) is 0 Å². The Kier molecular flexibility index (Phi) is 2.81. The first-order valence-corrected chi connectivity index (χ1v) is 5.21. The molecule has 0 aliphatic heterocycles. The summed E-state index contributed by atoms with van der Waals surface area (Å²) in [4.78, 5) is 11.8. The van der Waals surface area contributed by atoms with Gasteiger partial charge in [0.25, 0.3) is 5.91 Å². The molecule has 4 heteroatoms. The highest BCUT2D eigenvalue weighted by atomic mass is 16.3. The number of nitrogens with one attached hydrogen (secondary N) is 1. The molecule has 1 aromatic carbocycles. The number of nitrogen functional groups attached to an aromatic ring is 1. The summed E-state index contributed by atoms with van der Waals surface area (Å²) in [5, 5.41) is 12.3. The van der Waals surface area contributed by atoms with Gasteiger partial charge in [0.1, 0.15) is 5.75 Å². The van der Waals surface area contributed by atoms with Crippen LogP contribution in [0.5, 0.6) is 5.75 Å². The SMILES string of the molecule is Nc1ccc(C(=O)NC2CC=CC2)cc1O. The first-order chi connectivity index (χ1) is 7.66. The number of aromatic hydroxyl groups is 1. The van der Waals surface area contributed by atoms with Crippen LogP contribution in [0.2, 0.25) is 0 Å². The normalized spacial score (nSPS) is 15.2. The van der Waals surface area contributed by atoms with E-state index in [0.29, 0.717) is 5.56 Å². The van der Waals surface area contributed by atoms with Gasteiger partial charge in [-0.2, -0.15) is 0 Å². The number of phenolic OH excluding ortho intramolecular Hbond substituents is 1. The van der Waals surface area contributed by atoms with Crippen molar-refractivity contribution in [1.82, 2.24) is 5.32 Å². The highest BCUT2D eigenvalue weighted by Gasteiger charge is 2.15. The maximum absolute atomic E-state index is 11.8. The number of carbonyl (C=O) groups excluding carboxylic acids is 1. The molecule has 1 aromatic rings. The summed E-state index contributed by atoms with van der Waals surface area (Å²) in [7, 11) is 0. The molecule has 0 fully saturated rings. The van der Waals surface area contributed by atoms with E-state index in [1.54, 1.807) is 6.07 Å². The van der Waals surface area contributed by atoms with E-state index in [0.717, 1.165) is 12.8 Å². The minimum absolute atomic E-state index is 0.0582. The Labute approximate surface area is 93.8 Å². The Balaban J connectivity index is 2.05. The van der Waals surface area contributed by atoms with Crippen molar-refractivity contribution in [3.8, 4) is 5.75 Å². The van der Waals surface area contributed by atoms with E-state index in [2.05, 4.69) is 5.32 Å². The van der Waals surface area contributed by atoms with Gasteiger partial charge in [-0.3, -0.25) is 4.79 Å². The Hall–Kier alpha value is -1.97. The molecule has 0 radical (unpaired) electrons. The molecular weight excluding hydrogens is 204 g/mol. The van der Waals surface area contributed by atoms with Crippen LogP contribution in [0, 0.1) is 0 Å². The van der Waals surface area contributed by atoms with Crippen molar-refractivity contribution in [2.24, 2.45) is 0 Å². The first kappa shape index (κ1) is 10.5. The fraction of sp³-hybridized carbons (Fsp3) is 0.250. The number of amides is 1. The second-order valence-corrected chi connectivity index (χ2v) is 3.89. The molecule has 0 spiro atoms. The highest BCUT2D eigenvalue weighted by molar-refractivity contribution is 5.95. The zero-order chi connectivity index (χ0) is 11.5. The van der Waals surface area contributed by atoms with Gasteiger partial charge in [0.2, 0.25) is 0 Å². The number of nitrogens with two attached hydrogens (primary N) is 1. The van der Waals surface area contributed by atoms with Crippen LogP contribution in [-0.4, -0.2) is 17.1 Å². The van der Waals surface area contributed by atoms with Crippen molar-refractivity contribution >= 4 is 11.6 Å². The van der Waals surface area contributed by atoms with Crippen molar-refractivity contribution < 1.29 is 9.90 Å². The minimum Gasteiger partial charge on any atom is -0.506 e. The molecule has 0 saturated heterocycles. The molecule has 84 valence electrons. The van der Waals surface area contributed by atoms with Crippen molar-refractivity contribution in [2.75, 3.05) is 5.73 Å². The molecule has 1 amide bonds. The van der Waals surface area contributed by atoms with Crippen LogP contribution in [0.15, 0.2) is 30.4 Å². The summed E-state index contributed by atoms with van der Waals surface area (Å²) in [6, 6.07) is 4.68.